The summed E-state index contributed by atoms with van der Waals surface area (Å²) in [7, 11) is 0. The summed E-state index contributed by atoms with van der Waals surface area (Å²) in [4.78, 5) is 26.0. The molecule has 1 heterocycles. The zero-order valence-corrected chi connectivity index (χ0v) is 16.5. The summed E-state index contributed by atoms with van der Waals surface area (Å²) in [5, 5.41) is 2.57. The molecule has 2 amide bonds. The zero-order chi connectivity index (χ0) is 19.6. The highest BCUT2D eigenvalue weighted by molar-refractivity contribution is 8.00. The first-order valence-electron chi connectivity index (χ1n) is 8.95. The molecule has 0 radical (unpaired) electrons. The highest BCUT2D eigenvalue weighted by Crippen LogP contribution is 2.43. The van der Waals surface area contributed by atoms with Gasteiger partial charge in [0.05, 0.1) is 11.4 Å². The maximum atomic E-state index is 14.4. The van der Waals surface area contributed by atoms with Gasteiger partial charge in [0.1, 0.15) is 11.2 Å². The molecule has 2 aromatic carbocycles. The number of aryl methyl sites for hydroxylation is 1. The van der Waals surface area contributed by atoms with E-state index in [4.69, 9.17) is 0 Å². The number of carbonyl (C=O) groups excluding carboxylic acids is 2. The van der Waals surface area contributed by atoms with E-state index < -0.39 is 5.82 Å². The smallest absolute Gasteiger partial charge is 0.238 e. The van der Waals surface area contributed by atoms with Crippen LogP contribution in [0.4, 0.5) is 15.8 Å². The number of rotatable bonds is 5. The fourth-order valence-corrected chi connectivity index (χ4v) is 4.25. The van der Waals surface area contributed by atoms with Gasteiger partial charge in [-0.25, -0.2) is 4.39 Å². The molecule has 0 saturated carbocycles. The van der Waals surface area contributed by atoms with Crippen molar-refractivity contribution in [1.82, 2.24) is 0 Å². The van der Waals surface area contributed by atoms with Crippen LogP contribution in [0.15, 0.2) is 42.5 Å². The first kappa shape index (κ1) is 19.4. The van der Waals surface area contributed by atoms with Crippen molar-refractivity contribution in [3.8, 4) is 0 Å². The molecule has 3 rings (SSSR count). The van der Waals surface area contributed by atoms with Crippen LogP contribution in [-0.2, 0) is 9.59 Å². The maximum absolute atomic E-state index is 14.4. The second-order valence-corrected chi connectivity index (χ2v) is 8.22. The standard InChI is InChI=1S/C21H23FN2O2S/c1-13(2)9-19(25)23-16-6-4-5-15(11-16)21-24(20(26)12-27-21)18-10-14(3)7-8-17(18)22/h4-8,10-11,13,21H,9,12H2,1-3H3,(H,23,25). The Morgan fingerprint density at radius 3 is 2.81 bits per heavy atom. The topological polar surface area (TPSA) is 49.4 Å². The monoisotopic (exact) mass is 386 g/mol. The largest absolute Gasteiger partial charge is 0.326 e. The van der Waals surface area contributed by atoms with Crippen LogP contribution in [0.1, 0.15) is 36.8 Å². The Kier molecular flexibility index (Phi) is 5.85. The van der Waals surface area contributed by atoms with E-state index in [1.165, 1.54) is 22.7 Å². The lowest BCUT2D eigenvalue weighted by atomic mass is 10.1. The van der Waals surface area contributed by atoms with Crippen molar-refractivity contribution in [2.75, 3.05) is 16.0 Å². The first-order valence-corrected chi connectivity index (χ1v) is 9.99. The Morgan fingerprint density at radius 2 is 2.07 bits per heavy atom. The normalized spacial score (nSPS) is 16.9. The van der Waals surface area contributed by atoms with Gasteiger partial charge in [-0.2, -0.15) is 0 Å². The Balaban J connectivity index is 1.88. The molecule has 1 N–H and O–H groups in total. The third kappa shape index (κ3) is 4.50. The van der Waals surface area contributed by atoms with Gasteiger partial charge in [0.2, 0.25) is 11.8 Å². The van der Waals surface area contributed by atoms with E-state index in [0.717, 1.165) is 11.1 Å². The quantitative estimate of drug-likeness (QED) is 0.795. The third-order valence-electron chi connectivity index (χ3n) is 4.28. The Morgan fingerprint density at radius 1 is 1.30 bits per heavy atom. The van der Waals surface area contributed by atoms with Gasteiger partial charge < -0.3 is 5.32 Å². The molecular formula is C21H23FN2O2S. The SMILES string of the molecule is Cc1ccc(F)c(N2C(=O)CSC2c2cccc(NC(=O)CC(C)C)c2)c1. The molecule has 27 heavy (non-hydrogen) atoms. The maximum Gasteiger partial charge on any atom is 0.238 e. The van der Waals surface area contributed by atoms with E-state index in [1.54, 1.807) is 12.1 Å². The fraction of sp³-hybridized carbons (Fsp3) is 0.333. The lowest BCUT2D eigenvalue weighted by Gasteiger charge is -2.25. The van der Waals surface area contributed by atoms with Crippen molar-refractivity contribution in [3.63, 3.8) is 0 Å². The summed E-state index contributed by atoms with van der Waals surface area (Å²) >= 11 is 1.46. The van der Waals surface area contributed by atoms with E-state index in [0.29, 0.717) is 23.5 Å². The van der Waals surface area contributed by atoms with Crippen LogP contribution in [0.2, 0.25) is 0 Å². The minimum Gasteiger partial charge on any atom is -0.326 e. The molecule has 0 spiro atoms. The van der Waals surface area contributed by atoms with E-state index in [2.05, 4.69) is 5.32 Å². The van der Waals surface area contributed by atoms with E-state index in [1.807, 2.05) is 45.0 Å². The summed E-state index contributed by atoms with van der Waals surface area (Å²) in [6.45, 7) is 5.85. The second-order valence-electron chi connectivity index (χ2n) is 7.15. The fourth-order valence-electron chi connectivity index (χ4n) is 3.09. The molecule has 1 fully saturated rings. The number of hydrogen-bond donors (Lipinski definition) is 1. The molecule has 1 aliphatic rings. The number of thioether (sulfide) groups is 1. The van der Waals surface area contributed by atoms with Crippen molar-refractivity contribution in [3.05, 3.63) is 59.4 Å². The van der Waals surface area contributed by atoms with Gasteiger partial charge in [0, 0.05) is 12.1 Å². The molecule has 2 aromatic rings. The molecule has 1 atom stereocenters. The molecule has 4 nitrogen and oxygen atoms in total. The highest BCUT2D eigenvalue weighted by atomic mass is 32.2. The lowest BCUT2D eigenvalue weighted by Crippen LogP contribution is -2.28. The van der Waals surface area contributed by atoms with Crippen molar-refractivity contribution >= 4 is 35.0 Å². The van der Waals surface area contributed by atoms with Gasteiger partial charge in [-0.05, 0) is 48.2 Å². The molecule has 0 aliphatic carbocycles. The summed E-state index contributed by atoms with van der Waals surface area (Å²) in [5.74, 6) is -0.0106. The Bertz CT molecular complexity index is 869. The average molecular weight is 386 g/mol. The van der Waals surface area contributed by atoms with Crippen molar-refractivity contribution in [2.24, 2.45) is 5.92 Å². The number of hydrogen-bond acceptors (Lipinski definition) is 3. The van der Waals surface area contributed by atoms with Crippen LogP contribution in [-0.4, -0.2) is 17.6 Å². The predicted octanol–water partition coefficient (Wildman–Crippen LogP) is 4.90. The summed E-state index contributed by atoms with van der Waals surface area (Å²) in [6.07, 6.45) is 0.446. The summed E-state index contributed by atoms with van der Waals surface area (Å²) in [5.41, 5.74) is 2.73. The summed E-state index contributed by atoms with van der Waals surface area (Å²) < 4.78 is 14.4. The number of nitrogens with one attached hydrogen (secondary N) is 1. The molecular weight excluding hydrogens is 363 g/mol. The van der Waals surface area contributed by atoms with Gasteiger partial charge in [0.15, 0.2) is 0 Å². The molecule has 0 aromatic heterocycles. The third-order valence-corrected chi connectivity index (χ3v) is 5.49. The molecule has 0 bridgehead atoms. The molecule has 1 aliphatic heterocycles. The van der Waals surface area contributed by atoms with Gasteiger partial charge in [-0.1, -0.05) is 32.0 Å². The van der Waals surface area contributed by atoms with Crippen molar-refractivity contribution < 1.29 is 14.0 Å². The zero-order valence-electron chi connectivity index (χ0n) is 15.7. The van der Waals surface area contributed by atoms with Crippen molar-refractivity contribution in [2.45, 2.75) is 32.6 Å². The molecule has 1 saturated heterocycles. The van der Waals surface area contributed by atoms with Crippen LogP contribution in [0.5, 0.6) is 0 Å². The molecule has 142 valence electrons. The lowest BCUT2D eigenvalue weighted by molar-refractivity contribution is -0.117. The summed E-state index contributed by atoms with van der Waals surface area (Å²) in [6, 6.07) is 12.2. The van der Waals surface area contributed by atoms with Gasteiger partial charge in [-0.15, -0.1) is 11.8 Å². The van der Waals surface area contributed by atoms with Crippen molar-refractivity contribution in [1.29, 1.82) is 0 Å². The minimum atomic E-state index is -0.414. The van der Waals surface area contributed by atoms with Gasteiger partial charge in [0.25, 0.3) is 0 Å². The van der Waals surface area contributed by atoms with Gasteiger partial charge in [-0.3, -0.25) is 14.5 Å². The number of amides is 2. The Hall–Kier alpha value is -2.34. The van der Waals surface area contributed by atoms with E-state index in [9.17, 15) is 14.0 Å². The minimum absolute atomic E-state index is 0.0427. The number of anilines is 2. The average Bonchev–Trinajstić information content (AvgIpc) is 2.98. The second kappa shape index (κ2) is 8.13. The highest BCUT2D eigenvalue weighted by Gasteiger charge is 2.35. The van der Waals surface area contributed by atoms with Gasteiger partial charge >= 0.3 is 0 Å². The number of halogens is 1. The predicted molar refractivity (Wildman–Crippen MR) is 108 cm³/mol. The van der Waals surface area contributed by atoms with E-state index in [-0.39, 0.29) is 23.1 Å². The van der Waals surface area contributed by atoms with Crippen LogP contribution in [0.25, 0.3) is 0 Å². The van der Waals surface area contributed by atoms with Crippen LogP contribution < -0.4 is 10.2 Å². The van der Waals surface area contributed by atoms with Crippen LogP contribution in [0.3, 0.4) is 0 Å². The van der Waals surface area contributed by atoms with Crippen LogP contribution >= 0.6 is 11.8 Å². The first-order chi connectivity index (χ1) is 12.8. The van der Waals surface area contributed by atoms with Crippen LogP contribution in [0, 0.1) is 18.7 Å². The Labute approximate surface area is 163 Å². The number of benzene rings is 2. The number of carbonyl (C=O) groups is 2. The molecule has 1 unspecified atom stereocenters. The van der Waals surface area contributed by atoms with E-state index >= 15 is 0 Å². The number of nitrogens with zero attached hydrogens (tertiary/aromatic N) is 1. The molecule has 6 heteroatoms.